The molecule has 0 N–H and O–H groups in total. The zero-order chi connectivity index (χ0) is 21.5. The molecule has 2 aliphatic carbocycles. The molecule has 3 aliphatic rings. The maximum absolute atomic E-state index is 12.8. The fraction of sp³-hybridized carbons (Fsp3) is 0.640. The fourth-order valence-corrected chi connectivity index (χ4v) is 5.34. The Hall–Kier alpha value is -2.17. The molecule has 4 rings (SSSR count). The Labute approximate surface area is 179 Å². The van der Waals surface area contributed by atoms with Crippen LogP contribution in [0.5, 0.6) is 5.75 Å². The fourth-order valence-electron chi connectivity index (χ4n) is 5.34. The van der Waals surface area contributed by atoms with Crippen molar-refractivity contribution in [3.63, 3.8) is 0 Å². The van der Waals surface area contributed by atoms with Crippen LogP contribution in [0.4, 0.5) is 0 Å². The first-order valence-electron chi connectivity index (χ1n) is 11.4. The Kier molecular flexibility index (Phi) is 5.73. The Morgan fingerprint density at radius 1 is 0.867 bits per heavy atom. The van der Waals surface area contributed by atoms with Crippen molar-refractivity contribution >= 4 is 17.8 Å². The average molecular weight is 412 g/mol. The molecule has 1 aromatic carbocycles. The molecule has 1 heterocycles. The van der Waals surface area contributed by atoms with Crippen LogP contribution in [0.1, 0.15) is 77.7 Å². The van der Waals surface area contributed by atoms with E-state index in [1.165, 1.54) is 5.56 Å². The van der Waals surface area contributed by atoms with Gasteiger partial charge in [0.1, 0.15) is 5.75 Å². The number of esters is 1. The summed E-state index contributed by atoms with van der Waals surface area (Å²) < 4.78 is 5.62. The van der Waals surface area contributed by atoms with Crippen molar-refractivity contribution < 1.29 is 19.1 Å². The van der Waals surface area contributed by atoms with E-state index in [2.05, 4.69) is 20.8 Å². The van der Waals surface area contributed by atoms with Crippen molar-refractivity contribution in [2.75, 3.05) is 0 Å². The summed E-state index contributed by atoms with van der Waals surface area (Å²) in [6, 6.07) is 7.67. The number of carbonyl (C=O) groups is 3. The maximum Gasteiger partial charge on any atom is 0.314 e. The second kappa shape index (κ2) is 8.16. The lowest BCUT2D eigenvalue weighted by atomic mass is 9.81. The van der Waals surface area contributed by atoms with Gasteiger partial charge < -0.3 is 4.74 Å². The number of hydrogen-bond donors (Lipinski definition) is 0. The van der Waals surface area contributed by atoms with E-state index in [-0.39, 0.29) is 47.0 Å². The lowest BCUT2D eigenvalue weighted by molar-refractivity contribution is -0.144. The number of benzene rings is 1. The van der Waals surface area contributed by atoms with Gasteiger partial charge >= 0.3 is 5.97 Å². The molecule has 0 aromatic heterocycles. The van der Waals surface area contributed by atoms with Crippen LogP contribution in [-0.2, 0) is 19.8 Å². The minimum Gasteiger partial charge on any atom is -0.426 e. The van der Waals surface area contributed by atoms with E-state index < -0.39 is 0 Å². The maximum atomic E-state index is 12.8. The van der Waals surface area contributed by atoms with Crippen molar-refractivity contribution in [2.45, 2.75) is 83.6 Å². The van der Waals surface area contributed by atoms with E-state index >= 15 is 0 Å². The number of rotatable bonds is 3. The minimum absolute atomic E-state index is 0.0367. The van der Waals surface area contributed by atoms with Crippen LogP contribution in [0.2, 0.25) is 0 Å². The molecule has 162 valence electrons. The van der Waals surface area contributed by atoms with Gasteiger partial charge in [0, 0.05) is 6.04 Å². The third-order valence-electron chi connectivity index (χ3n) is 7.21. The molecular weight excluding hydrogens is 378 g/mol. The van der Waals surface area contributed by atoms with Crippen LogP contribution >= 0.6 is 0 Å². The third kappa shape index (κ3) is 4.03. The summed E-state index contributed by atoms with van der Waals surface area (Å²) >= 11 is 0. The third-order valence-corrected chi connectivity index (χ3v) is 7.21. The van der Waals surface area contributed by atoms with E-state index in [0.29, 0.717) is 31.4 Å². The van der Waals surface area contributed by atoms with Crippen molar-refractivity contribution in [1.29, 1.82) is 0 Å². The van der Waals surface area contributed by atoms with Gasteiger partial charge in [0.2, 0.25) is 11.8 Å². The molecule has 2 atom stereocenters. The standard InChI is InChI=1S/C25H33NO4/c1-25(2,3)17-10-14-19(15-11-17)30-24(29)16-8-12-18(13-9-16)26-22(27)20-6-4-5-7-21(20)23(26)28/h10-11,14-16,18,20-21H,4-9,12-13H2,1-3H3/t16?,18?,20-,21+. The molecule has 1 saturated heterocycles. The van der Waals surface area contributed by atoms with Crippen molar-refractivity contribution in [3.05, 3.63) is 29.8 Å². The van der Waals surface area contributed by atoms with Gasteiger partial charge in [0.05, 0.1) is 17.8 Å². The number of hydrogen-bond acceptors (Lipinski definition) is 4. The molecule has 1 aromatic rings. The molecule has 2 amide bonds. The van der Waals surface area contributed by atoms with Gasteiger partial charge in [-0.25, -0.2) is 0 Å². The number of fused-ring (bicyclic) bond motifs is 1. The minimum atomic E-state index is -0.204. The average Bonchev–Trinajstić information content (AvgIpc) is 2.98. The van der Waals surface area contributed by atoms with Crippen LogP contribution in [0.3, 0.4) is 0 Å². The number of nitrogens with zero attached hydrogens (tertiary/aromatic N) is 1. The number of ether oxygens (including phenoxy) is 1. The molecule has 5 nitrogen and oxygen atoms in total. The molecule has 0 unspecified atom stereocenters. The van der Waals surface area contributed by atoms with Gasteiger partial charge in [-0.15, -0.1) is 0 Å². The quantitative estimate of drug-likeness (QED) is 0.413. The van der Waals surface area contributed by atoms with Crippen LogP contribution in [-0.4, -0.2) is 28.7 Å². The zero-order valence-corrected chi connectivity index (χ0v) is 18.4. The monoisotopic (exact) mass is 411 g/mol. The molecule has 30 heavy (non-hydrogen) atoms. The van der Waals surface area contributed by atoms with Gasteiger partial charge in [0.15, 0.2) is 0 Å². The van der Waals surface area contributed by atoms with Gasteiger partial charge in [-0.1, -0.05) is 45.7 Å². The summed E-state index contributed by atoms with van der Waals surface area (Å²) in [5, 5.41) is 0. The van der Waals surface area contributed by atoms with Crippen LogP contribution < -0.4 is 4.74 Å². The van der Waals surface area contributed by atoms with Gasteiger partial charge in [0.25, 0.3) is 0 Å². The summed E-state index contributed by atoms with van der Waals surface area (Å²) in [4.78, 5) is 39.8. The molecule has 3 fully saturated rings. The largest absolute Gasteiger partial charge is 0.426 e. The highest BCUT2D eigenvalue weighted by molar-refractivity contribution is 6.05. The lowest BCUT2D eigenvalue weighted by Crippen LogP contribution is -2.43. The topological polar surface area (TPSA) is 63.7 Å². The number of imide groups is 1. The molecule has 0 spiro atoms. The smallest absolute Gasteiger partial charge is 0.314 e. The number of carbonyl (C=O) groups excluding carboxylic acids is 3. The highest BCUT2D eigenvalue weighted by Gasteiger charge is 2.50. The van der Waals surface area contributed by atoms with Crippen molar-refractivity contribution in [1.82, 2.24) is 4.90 Å². The Morgan fingerprint density at radius 2 is 1.40 bits per heavy atom. The highest BCUT2D eigenvalue weighted by atomic mass is 16.5. The predicted octanol–water partition coefficient (Wildman–Crippen LogP) is 4.62. The Bertz CT molecular complexity index is 791. The van der Waals surface area contributed by atoms with Crippen LogP contribution in [0.25, 0.3) is 0 Å². The molecule has 1 aliphatic heterocycles. The number of amides is 2. The summed E-state index contributed by atoms with van der Waals surface area (Å²) in [6.07, 6.45) is 6.50. The summed E-state index contributed by atoms with van der Waals surface area (Å²) in [7, 11) is 0. The molecule has 0 radical (unpaired) electrons. The highest BCUT2D eigenvalue weighted by Crippen LogP contribution is 2.41. The zero-order valence-electron chi connectivity index (χ0n) is 18.4. The Balaban J connectivity index is 1.32. The van der Waals surface area contributed by atoms with Crippen LogP contribution in [0, 0.1) is 17.8 Å². The number of likely N-dealkylation sites (tertiary alicyclic amines) is 1. The van der Waals surface area contributed by atoms with E-state index in [1.54, 1.807) is 4.90 Å². The summed E-state index contributed by atoms with van der Waals surface area (Å²) in [6.45, 7) is 6.45. The molecule has 0 bridgehead atoms. The van der Waals surface area contributed by atoms with Gasteiger partial charge in [-0.2, -0.15) is 0 Å². The van der Waals surface area contributed by atoms with E-state index in [4.69, 9.17) is 4.74 Å². The van der Waals surface area contributed by atoms with Gasteiger partial charge in [-0.3, -0.25) is 19.3 Å². The summed E-state index contributed by atoms with van der Waals surface area (Å²) in [5.41, 5.74) is 1.26. The van der Waals surface area contributed by atoms with E-state index in [0.717, 1.165) is 25.7 Å². The molecular formula is C25H33NO4. The normalized spacial score (nSPS) is 29.6. The SMILES string of the molecule is CC(C)(C)c1ccc(OC(=O)C2CCC(N3C(=O)[C@H]4CCCC[C@H]4C3=O)CC2)cc1. The molecule has 2 saturated carbocycles. The van der Waals surface area contributed by atoms with Gasteiger partial charge in [-0.05, 0) is 61.6 Å². The first kappa shape index (κ1) is 21.1. The van der Waals surface area contributed by atoms with E-state index in [1.807, 2.05) is 24.3 Å². The Morgan fingerprint density at radius 3 is 1.90 bits per heavy atom. The first-order chi connectivity index (χ1) is 14.3. The lowest BCUT2D eigenvalue weighted by Gasteiger charge is -2.32. The molecule has 5 heteroatoms. The van der Waals surface area contributed by atoms with Crippen molar-refractivity contribution in [3.8, 4) is 5.75 Å². The first-order valence-corrected chi connectivity index (χ1v) is 11.4. The van der Waals surface area contributed by atoms with Crippen LogP contribution in [0.15, 0.2) is 24.3 Å². The second-order valence-electron chi connectivity index (χ2n) is 10.2. The summed E-state index contributed by atoms with van der Waals surface area (Å²) in [5.74, 6) is 0.0896. The van der Waals surface area contributed by atoms with E-state index in [9.17, 15) is 14.4 Å². The predicted molar refractivity (Wildman–Crippen MR) is 114 cm³/mol. The second-order valence-corrected chi connectivity index (χ2v) is 10.2. The van der Waals surface area contributed by atoms with Crippen molar-refractivity contribution in [2.24, 2.45) is 17.8 Å².